The van der Waals surface area contributed by atoms with Gasteiger partial charge in [-0.1, -0.05) is 49.2 Å². The quantitative estimate of drug-likeness (QED) is 0.810. The van der Waals surface area contributed by atoms with Crippen molar-refractivity contribution >= 4 is 17.5 Å². The van der Waals surface area contributed by atoms with Gasteiger partial charge >= 0.3 is 0 Å². The number of nitrogens with one attached hydrogen (secondary N) is 1. The highest BCUT2D eigenvalue weighted by Gasteiger charge is 2.60. The molecule has 21 heavy (non-hydrogen) atoms. The van der Waals surface area contributed by atoms with E-state index in [1.54, 1.807) is 0 Å². The smallest absolute Gasteiger partial charge is 0.224 e. The molecule has 0 bridgehead atoms. The van der Waals surface area contributed by atoms with Crippen LogP contribution in [0.25, 0.3) is 0 Å². The van der Waals surface area contributed by atoms with Crippen LogP contribution in [0.15, 0.2) is 35.9 Å². The van der Waals surface area contributed by atoms with E-state index >= 15 is 0 Å². The normalized spacial score (nSPS) is 22.5. The van der Waals surface area contributed by atoms with Crippen LogP contribution in [0.1, 0.15) is 33.3 Å². The van der Waals surface area contributed by atoms with Crippen LogP contribution in [-0.4, -0.2) is 12.5 Å². The Balaban J connectivity index is 1.83. The Kier molecular flexibility index (Phi) is 4.77. The van der Waals surface area contributed by atoms with Crippen LogP contribution >= 0.6 is 11.6 Å². The molecule has 1 aliphatic rings. The fourth-order valence-electron chi connectivity index (χ4n) is 2.94. The van der Waals surface area contributed by atoms with Crippen molar-refractivity contribution in [1.29, 1.82) is 0 Å². The number of amides is 1. The van der Waals surface area contributed by atoms with Gasteiger partial charge < -0.3 is 5.32 Å². The fourth-order valence-corrected chi connectivity index (χ4v) is 3.07. The summed E-state index contributed by atoms with van der Waals surface area (Å²) >= 11 is 5.86. The molecule has 2 nitrogen and oxygen atoms in total. The molecular formula is C18H24ClNO. The highest BCUT2D eigenvalue weighted by molar-refractivity contribution is 6.30. The number of allylic oxidation sites excluding steroid dienone is 2. The summed E-state index contributed by atoms with van der Waals surface area (Å²) in [5.41, 5.74) is 2.56. The number of rotatable bonds is 5. The molecule has 1 N–H and O–H groups in total. The Bertz CT molecular complexity index is 541. The molecule has 0 radical (unpaired) electrons. The van der Waals surface area contributed by atoms with Crippen LogP contribution in [0, 0.1) is 17.3 Å². The summed E-state index contributed by atoms with van der Waals surface area (Å²) in [7, 11) is 0. The lowest BCUT2D eigenvalue weighted by Crippen LogP contribution is -2.28. The van der Waals surface area contributed by atoms with Crippen molar-refractivity contribution in [2.75, 3.05) is 6.54 Å². The zero-order chi connectivity index (χ0) is 15.6. The minimum Gasteiger partial charge on any atom is -0.355 e. The van der Waals surface area contributed by atoms with Gasteiger partial charge in [0.1, 0.15) is 0 Å². The topological polar surface area (TPSA) is 29.1 Å². The minimum atomic E-state index is 0.0849. The highest BCUT2D eigenvalue weighted by Crippen LogP contribution is 2.59. The van der Waals surface area contributed by atoms with E-state index in [1.807, 2.05) is 24.3 Å². The molecule has 1 aromatic rings. The van der Waals surface area contributed by atoms with E-state index in [-0.39, 0.29) is 17.2 Å². The van der Waals surface area contributed by atoms with Gasteiger partial charge in [0, 0.05) is 11.6 Å². The van der Waals surface area contributed by atoms with Crippen LogP contribution < -0.4 is 5.32 Å². The Morgan fingerprint density at radius 3 is 2.48 bits per heavy atom. The SMILES string of the molecule is CC(C)=C[C@H]1[C@H](C(=O)NCCc2ccc(Cl)cc2)C1(C)C. The summed E-state index contributed by atoms with van der Waals surface area (Å²) in [6, 6.07) is 7.77. The summed E-state index contributed by atoms with van der Waals surface area (Å²) < 4.78 is 0. The standard InChI is InChI=1S/C18H24ClNO/c1-12(2)11-15-16(18(15,3)4)17(21)20-10-9-13-5-7-14(19)8-6-13/h5-8,11,15-16H,9-10H2,1-4H3,(H,20,21)/t15-,16+/m0/s1. The molecule has 0 aliphatic heterocycles. The highest BCUT2D eigenvalue weighted by atomic mass is 35.5. The van der Waals surface area contributed by atoms with Gasteiger partial charge in [0.25, 0.3) is 0 Å². The predicted molar refractivity (Wildman–Crippen MR) is 88.4 cm³/mol. The Morgan fingerprint density at radius 1 is 1.29 bits per heavy atom. The number of hydrogen-bond donors (Lipinski definition) is 1. The Hall–Kier alpha value is -1.28. The van der Waals surface area contributed by atoms with Gasteiger partial charge in [-0.05, 0) is 49.3 Å². The Labute approximate surface area is 132 Å². The molecule has 0 heterocycles. The number of benzene rings is 1. The molecule has 0 spiro atoms. The molecule has 1 fully saturated rings. The van der Waals surface area contributed by atoms with Crippen molar-refractivity contribution < 1.29 is 4.79 Å². The lowest BCUT2D eigenvalue weighted by atomic mass is 10.1. The summed E-state index contributed by atoms with van der Waals surface area (Å²) in [5, 5.41) is 3.81. The van der Waals surface area contributed by atoms with Crippen LogP contribution in [0.4, 0.5) is 0 Å². The maximum absolute atomic E-state index is 12.3. The zero-order valence-corrected chi connectivity index (χ0v) is 14.0. The van der Waals surface area contributed by atoms with Gasteiger partial charge in [-0.25, -0.2) is 0 Å². The van der Waals surface area contributed by atoms with Crippen molar-refractivity contribution in [3.63, 3.8) is 0 Å². The molecule has 0 saturated heterocycles. The second-order valence-electron chi connectivity index (χ2n) is 6.74. The molecule has 1 aromatic carbocycles. The first-order valence-electron chi connectivity index (χ1n) is 7.49. The second kappa shape index (κ2) is 6.23. The summed E-state index contributed by atoms with van der Waals surface area (Å²) in [4.78, 5) is 12.3. The first kappa shape index (κ1) is 16.1. The van der Waals surface area contributed by atoms with Crippen LogP contribution in [0.2, 0.25) is 5.02 Å². The molecule has 1 saturated carbocycles. The third kappa shape index (κ3) is 3.88. The van der Waals surface area contributed by atoms with E-state index < -0.39 is 0 Å². The average molecular weight is 306 g/mol. The summed E-state index contributed by atoms with van der Waals surface area (Å²) in [6.07, 6.45) is 3.06. The van der Waals surface area contributed by atoms with Gasteiger partial charge in [0.15, 0.2) is 0 Å². The molecule has 0 unspecified atom stereocenters. The third-order valence-corrected chi connectivity index (χ3v) is 4.58. The van der Waals surface area contributed by atoms with Gasteiger partial charge in [0.2, 0.25) is 5.91 Å². The van der Waals surface area contributed by atoms with E-state index in [9.17, 15) is 4.79 Å². The first-order chi connectivity index (χ1) is 9.82. The molecule has 114 valence electrons. The first-order valence-corrected chi connectivity index (χ1v) is 7.87. The van der Waals surface area contributed by atoms with E-state index in [0.29, 0.717) is 12.5 Å². The van der Waals surface area contributed by atoms with E-state index in [4.69, 9.17) is 11.6 Å². The Morgan fingerprint density at radius 2 is 1.90 bits per heavy atom. The van der Waals surface area contributed by atoms with Crippen LogP contribution in [0.5, 0.6) is 0 Å². The van der Waals surface area contributed by atoms with Crippen molar-refractivity contribution in [2.45, 2.75) is 34.1 Å². The number of carbonyl (C=O) groups is 1. The van der Waals surface area contributed by atoms with Gasteiger partial charge in [-0.15, -0.1) is 0 Å². The maximum atomic E-state index is 12.3. The second-order valence-corrected chi connectivity index (χ2v) is 7.17. The van der Waals surface area contributed by atoms with Crippen LogP contribution in [0.3, 0.4) is 0 Å². The maximum Gasteiger partial charge on any atom is 0.224 e. The molecule has 1 amide bonds. The van der Waals surface area contributed by atoms with E-state index in [0.717, 1.165) is 11.4 Å². The van der Waals surface area contributed by atoms with Crippen molar-refractivity contribution in [2.24, 2.45) is 17.3 Å². The predicted octanol–water partition coefficient (Wildman–Crippen LogP) is 4.24. The van der Waals surface area contributed by atoms with Gasteiger partial charge in [-0.2, -0.15) is 0 Å². The van der Waals surface area contributed by atoms with Gasteiger partial charge in [0.05, 0.1) is 5.92 Å². The minimum absolute atomic E-state index is 0.0849. The van der Waals surface area contributed by atoms with Gasteiger partial charge in [-0.3, -0.25) is 4.79 Å². The lowest BCUT2D eigenvalue weighted by molar-refractivity contribution is -0.123. The molecule has 0 aromatic heterocycles. The van der Waals surface area contributed by atoms with Crippen molar-refractivity contribution in [3.8, 4) is 0 Å². The van der Waals surface area contributed by atoms with E-state index in [2.05, 4.69) is 39.1 Å². The zero-order valence-electron chi connectivity index (χ0n) is 13.2. The molecule has 2 rings (SSSR count). The molecule has 3 heteroatoms. The molecule has 1 aliphatic carbocycles. The van der Waals surface area contributed by atoms with Crippen LogP contribution in [-0.2, 0) is 11.2 Å². The number of halogens is 1. The molecular weight excluding hydrogens is 282 g/mol. The van der Waals surface area contributed by atoms with Crippen molar-refractivity contribution in [1.82, 2.24) is 5.32 Å². The number of carbonyl (C=O) groups excluding carboxylic acids is 1. The monoisotopic (exact) mass is 305 g/mol. The van der Waals surface area contributed by atoms with E-state index in [1.165, 1.54) is 11.1 Å². The average Bonchev–Trinajstić information content (AvgIpc) is 2.92. The summed E-state index contributed by atoms with van der Waals surface area (Å²) in [5.74, 6) is 0.659. The largest absolute Gasteiger partial charge is 0.355 e. The molecule has 2 atom stereocenters. The number of hydrogen-bond acceptors (Lipinski definition) is 1. The lowest BCUT2D eigenvalue weighted by Gasteiger charge is -2.06. The third-order valence-electron chi connectivity index (χ3n) is 4.33. The summed E-state index contributed by atoms with van der Waals surface area (Å²) in [6.45, 7) is 9.18. The van der Waals surface area contributed by atoms with Crippen molar-refractivity contribution in [3.05, 3.63) is 46.5 Å². The fraction of sp³-hybridized carbons (Fsp3) is 0.500.